The molecule has 22 heavy (non-hydrogen) atoms. The molecular weight excluding hydrogens is 308 g/mol. The second-order valence-corrected chi connectivity index (χ2v) is 5.86. The van der Waals surface area contributed by atoms with E-state index in [4.69, 9.17) is 0 Å². The third-order valence-electron chi connectivity index (χ3n) is 4.01. The predicted octanol–water partition coefficient (Wildman–Crippen LogP) is 4.61. The molecule has 1 saturated heterocycles. The maximum atomic E-state index is 12.8. The molecule has 0 N–H and O–H groups in total. The maximum Gasteiger partial charge on any atom is 0.416 e. The van der Waals surface area contributed by atoms with E-state index in [1.807, 2.05) is 7.05 Å². The fourth-order valence-electron chi connectivity index (χ4n) is 2.74. The van der Waals surface area contributed by atoms with Gasteiger partial charge in [-0.1, -0.05) is 0 Å². The van der Waals surface area contributed by atoms with Crippen LogP contribution in [0.2, 0.25) is 0 Å². The van der Waals surface area contributed by atoms with Gasteiger partial charge in [0.25, 0.3) is 0 Å². The summed E-state index contributed by atoms with van der Waals surface area (Å²) in [6, 6.07) is 1.86. The number of hydrogen-bond acceptors (Lipinski definition) is 1. The van der Waals surface area contributed by atoms with Crippen molar-refractivity contribution in [1.82, 2.24) is 4.90 Å². The van der Waals surface area contributed by atoms with E-state index in [9.17, 15) is 26.3 Å². The lowest BCUT2D eigenvalue weighted by atomic mass is 9.89. The van der Waals surface area contributed by atoms with Gasteiger partial charge in [-0.2, -0.15) is 26.3 Å². The molecule has 1 nitrogen and oxygen atoms in total. The number of hydrogen-bond donors (Lipinski definition) is 0. The number of piperidine rings is 1. The normalized spacial score (nSPS) is 18.7. The molecule has 7 heteroatoms. The number of alkyl halides is 6. The summed E-state index contributed by atoms with van der Waals surface area (Å²) in [5.41, 5.74) is -2.35. The van der Waals surface area contributed by atoms with Crippen LogP contribution in [0, 0.1) is 5.92 Å². The van der Waals surface area contributed by atoms with Crippen molar-refractivity contribution in [2.24, 2.45) is 5.92 Å². The molecule has 0 aliphatic carbocycles. The molecule has 0 radical (unpaired) electrons. The zero-order valence-corrected chi connectivity index (χ0v) is 12.1. The van der Waals surface area contributed by atoms with Gasteiger partial charge in [0.15, 0.2) is 0 Å². The van der Waals surface area contributed by atoms with Crippen molar-refractivity contribution in [2.75, 3.05) is 20.1 Å². The van der Waals surface area contributed by atoms with Gasteiger partial charge in [-0.25, -0.2) is 0 Å². The lowest BCUT2D eigenvalue weighted by Crippen LogP contribution is -2.31. The second-order valence-electron chi connectivity index (χ2n) is 5.86. The van der Waals surface area contributed by atoms with Crippen LogP contribution in [0.25, 0.3) is 0 Å². The van der Waals surface area contributed by atoms with E-state index >= 15 is 0 Å². The van der Waals surface area contributed by atoms with Crippen molar-refractivity contribution in [2.45, 2.75) is 31.6 Å². The zero-order chi connectivity index (χ0) is 16.5. The smallest absolute Gasteiger partial charge is 0.306 e. The average Bonchev–Trinajstić information content (AvgIpc) is 2.39. The Labute approximate surface area is 124 Å². The third kappa shape index (κ3) is 4.38. The molecule has 0 aromatic heterocycles. The lowest BCUT2D eigenvalue weighted by molar-refractivity contribution is -0.143. The van der Waals surface area contributed by atoms with Gasteiger partial charge in [0, 0.05) is 0 Å². The highest BCUT2D eigenvalue weighted by atomic mass is 19.4. The van der Waals surface area contributed by atoms with Gasteiger partial charge in [-0.3, -0.25) is 0 Å². The van der Waals surface area contributed by atoms with Gasteiger partial charge >= 0.3 is 12.4 Å². The van der Waals surface area contributed by atoms with Gasteiger partial charge in [0.05, 0.1) is 11.1 Å². The number of nitrogens with zero attached hydrogens (tertiary/aromatic N) is 1. The Morgan fingerprint density at radius 3 is 1.77 bits per heavy atom. The first-order chi connectivity index (χ1) is 10.1. The highest BCUT2D eigenvalue weighted by Crippen LogP contribution is 2.37. The fraction of sp³-hybridized carbons (Fsp3) is 0.600. The molecule has 1 aliphatic rings. The first-order valence-corrected chi connectivity index (χ1v) is 7.02. The van der Waals surface area contributed by atoms with E-state index < -0.39 is 23.5 Å². The van der Waals surface area contributed by atoms with E-state index in [1.165, 1.54) is 0 Å². The van der Waals surface area contributed by atoms with Gasteiger partial charge < -0.3 is 4.90 Å². The Hall–Kier alpha value is -1.24. The van der Waals surface area contributed by atoms with Crippen LogP contribution in [0.1, 0.15) is 29.5 Å². The van der Waals surface area contributed by atoms with Gasteiger partial charge in [0.2, 0.25) is 0 Å². The van der Waals surface area contributed by atoms with Gasteiger partial charge in [-0.05, 0) is 69.1 Å². The highest BCUT2D eigenvalue weighted by molar-refractivity contribution is 5.34. The summed E-state index contributed by atoms with van der Waals surface area (Å²) in [6.45, 7) is 1.63. The largest absolute Gasteiger partial charge is 0.416 e. The molecule has 0 atom stereocenters. The minimum absolute atomic E-state index is 0.108. The molecule has 1 aromatic rings. The van der Waals surface area contributed by atoms with E-state index in [1.54, 1.807) is 0 Å². The molecule has 124 valence electrons. The van der Waals surface area contributed by atoms with E-state index in [2.05, 4.69) is 4.90 Å². The quantitative estimate of drug-likeness (QED) is 0.718. The monoisotopic (exact) mass is 325 g/mol. The lowest BCUT2D eigenvalue weighted by Gasteiger charge is -2.29. The summed E-state index contributed by atoms with van der Waals surface area (Å²) in [5.74, 6) is 0.126. The van der Waals surface area contributed by atoms with Gasteiger partial charge in [0.1, 0.15) is 0 Å². The predicted molar refractivity (Wildman–Crippen MR) is 70.4 cm³/mol. The molecule has 0 bridgehead atoms. The highest BCUT2D eigenvalue weighted by Gasteiger charge is 2.37. The van der Waals surface area contributed by atoms with Gasteiger partial charge in [-0.15, -0.1) is 0 Å². The minimum Gasteiger partial charge on any atom is -0.306 e. The molecule has 0 saturated carbocycles. The average molecular weight is 325 g/mol. The summed E-state index contributed by atoms with van der Waals surface area (Å²) in [7, 11) is 1.95. The molecule has 1 aromatic carbocycles. The standard InChI is InChI=1S/C15H17F6N/c1-22-4-2-10(3-5-22)6-11-7-12(14(16,17)18)9-13(8-11)15(19,20)21/h7-10H,2-6H2,1H3. The summed E-state index contributed by atoms with van der Waals surface area (Å²) in [4.78, 5) is 2.10. The summed E-state index contributed by atoms with van der Waals surface area (Å²) >= 11 is 0. The van der Waals surface area contributed by atoms with Crippen LogP contribution in [0.4, 0.5) is 26.3 Å². The summed E-state index contributed by atoms with van der Waals surface area (Å²) in [5, 5.41) is 0. The Morgan fingerprint density at radius 1 is 0.909 bits per heavy atom. The third-order valence-corrected chi connectivity index (χ3v) is 4.01. The van der Waals surface area contributed by atoms with Crippen molar-refractivity contribution in [3.05, 3.63) is 34.9 Å². The Balaban J connectivity index is 2.26. The van der Waals surface area contributed by atoms with Crippen molar-refractivity contribution >= 4 is 0 Å². The van der Waals surface area contributed by atoms with Crippen molar-refractivity contribution in [3.8, 4) is 0 Å². The van der Waals surface area contributed by atoms with Crippen molar-refractivity contribution in [1.29, 1.82) is 0 Å². The fourth-order valence-corrected chi connectivity index (χ4v) is 2.74. The van der Waals surface area contributed by atoms with E-state index in [0.29, 0.717) is 0 Å². The Kier molecular flexibility index (Phi) is 4.75. The molecule has 0 amide bonds. The van der Waals surface area contributed by atoms with E-state index in [-0.39, 0.29) is 24.0 Å². The molecule has 1 heterocycles. The molecule has 1 aliphatic heterocycles. The second kappa shape index (κ2) is 6.10. The Bertz CT molecular complexity index is 479. The van der Waals surface area contributed by atoms with Crippen LogP contribution in [0.15, 0.2) is 18.2 Å². The molecule has 0 spiro atoms. The Morgan fingerprint density at radius 2 is 1.36 bits per heavy atom. The molecule has 0 unspecified atom stereocenters. The zero-order valence-electron chi connectivity index (χ0n) is 12.1. The maximum absolute atomic E-state index is 12.8. The first kappa shape index (κ1) is 17.1. The summed E-state index contributed by atoms with van der Waals surface area (Å²) < 4.78 is 76.8. The molecule has 1 fully saturated rings. The number of benzene rings is 1. The molecule has 2 rings (SSSR count). The van der Waals surface area contributed by atoms with Crippen LogP contribution in [0.3, 0.4) is 0 Å². The summed E-state index contributed by atoms with van der Waals surface area (Å²) in [6.07, 6.45) is -7.73. The minimum atomic E-state index is -4.78. The first-order valence-electron chi connectivity index (χ1n) is 7.02. The molecular formula is C15H17F6N. The van der Waals surface area contributed by atoms with Crippen molar-refractivity contribution < 1.29 is 26.3 Å². The van der Waals surface area contributed by atoms with E-state index in [0.717, 1.165) is 38.1 Å². The van der Waals surface area contributed by atoms with Crippen LogP contribution >= 0.6 is 0 Å². The topological polar surface area (TPSA) is 3.24 Å². The van der Waals surface area contributed by atoms with Crippen LogP contribution in [-0.4, -0.2) is 25.0 Å². The number of likely N-dealkylation sites (tertiary alicyclic amines) is 1. The van der Waals surface area contributed by atoms with Crippen LogP contribution < -0.4 is 0 Å². The van der Waals surface area contributed by atoms with Crippen molar-refractivity contribution in [3.63, 3.8) is 0 Å². The van der Waals surface area contributed by atoms with Crippen LogP contribution in [-0.2, 0) is 18.8 Å². The SMILES string of the molecule is CN1CCC(Cc2cc(C(F)(F)F)cc(C(F)(F)F)c2)CC1. The number of rotatable bonds is 2. The number of halogens is 6. The van der Waals surface area contributed by atoms with Crippen LogP contribution in [0.5, 0.6) is 0 Å².